The third-order valence-electron chi connectivity index (χ3n) is 3.14. The van der Waals surface area contributed by atoms with Gasteiger partial charge < -0.3 is 15.3 Å². The summed E-state index contributed by atoms with van der Waals surface area (Å²) >= 11 is 0. The minimum absolute atomic E-state index is 0.0984. The van der Waals surface area contributed by atoms with Gasteiger partial charge in [-0.25, -0.2) is 9.59 Å². The first kappa shape index (κ1) is 14.9. The molecule has 0 aromatic rings. The van der Waals surface area contributed by atoms with Gasteiger partial charge in [-0.2, -0.15) is 0 Å². The van der Waals surface area contributed by atoms with E-state index in [2.05, 4.69) is 5.32 Å². The first-order valence-corrected chi connectivity index (χ1v) is 5.86. The van der Waals surface area contributed by atoms with Crippen molar-refractivity contribution >= 4 is 23.8 Å². The number of carbonyl (C=O) groups is 4. The number of rotatable bonds is 4. The van der Waals surface area contributed by atoms with Crippen LogP contribution in [0.1, 0.15) is 19.8 Å². The van der Waals surface area contributed by atoms with Crippen molar-refractivity contribution in [2.45, 2.75) is 31.8 Å². The molecule has 0 bridgehead atoms. The van der Waals surface area contributed by atoms with Crippen molar-refractivity contribution in [3.05, 3.63) is 0 Å². The minimum atomic E-state index is -1.12. The Morgan fingerprint density at radius 2 is 2.11 bits per heavy atom. The van der Waals surface area contributed by atoms with Crippen molar-refractivity contribution in [1.82, 2.24) is 15.1 Å². The van der Waals surface area contributed by atoms with Crippen molar-refractivity contribution in [3.63, 3.8) is 0 Å². The number of hydrogen-bond acceptors (Lipinski definition) is 4. The van der Waals surface area contributed by atoms with E-state index in [0.717, 1.165) is 9.80 Å². The molecule has 1 heterocycles. The fraction of sp³-hybridized carbons (Fsp3) is 0.636. The van der Waals surface area contributed by atoms with E-state index >= 15 is 0 Å². The SMILES string of the molecule is CCC(C(=O)O)N(C)C(=O)NC1CC(=O)N(C)C1=O. The van der Waals surface area contributed by atoms with Gasteiger partial charge in [-0.15, -0.1) is 0 Å². The Labute approximate surface area is 110 Å². The molecule has 0 aromatic carbocycles. The maximum atomic E-state index is 11.8. The summed E-state index contributed by atoms with van der Waals surface area (Å²) in [4.78, 5) is 47.6. The Hall–Kier alpha value is -2.12. The number of carbonyl (C=O) groups excluding carboxylic acids is 3. The number of nitrogens with one attached hydrogen (secondary N) is 1. The van der Waals surface area contributed by atoms with Crippen LogP contribution in [-0.4, -0.2) is 64.9 Å². The van der Waals surface area contributed by atoms with Crippen LogP contribution in [-0.2, 0) is 14.4 Å². The quantitative estimate of drug-likeness (QED) is 0.654. The molecule has 1 fully saturated rings. The number of hydrogen-bond donors (Lipinski definition) is 2. The molecule has 0 spiro atoms. The average Bonchev–Trinajstić information content (AvgIpc) is 2.57. The second kappa shape index (κ2) is 5.68. The monoisotopic (exact) mass is 271 g/mol. The summed E-state index contributed by atoms with van der Waals surface area (Å²) < 4.78 is 0. The Bertz CT molecular complexity index is 423. The van der Waals surface area contributed by atoms with Gasteiger partial charge in [0.05, 0.1) is 6.42 Å². The molecule has 0 aromatic heterocycles. The number of likely N-dealkylation sites (N-methyl/N-ethyl adjacent to an activating group) is 2. The van der Waals surface area contributed by atoms with E-state index in [9.17, 15) is 19.2 Å². The molecule has 1 aliphatic rings. The lowest BCUT2D eigenvalue weighted by Crippen LogP contribution is -2.51. The van der Waals surface area contributed by atoms with Gasteiger partial charge in [0.15, 0.2) is 0 Å². The number of carboxylic acids is 1. The van der Waals surface area contributed by atoms with Crippen LogP contribution in [0.2, 0.25) is 0 Å². The molecular weight excluding hydrogens is 254 g/mol. The number of amides is 4. The standard InChI is InChI=1S/C11H17N3O5/c1-4-7(10(17)18)13(2)11(19)12-6-5-8(15)14(3)9(6)16/h6-7H,4-5H2,1-3H3,(H,12,19)(H,17,18). The summed E-state index contributed by atoms with van der Waals surface area (Å²) in [6.07, 6.45) is 0.148. The fourth-order valence-corrected chi connectivity index (χ4v) is 1.87. The van der Waals surface area contributed by atoms with E-state index < -0.39 is 30.0 Å². The third kappa shape index (κ3) is 3.01. The van der Waals surface area contributed by atoms with E-state index in [4.69, 9.17) is 5.11 Å². The molecule has 2 N–H and O–H groups in total. The lowest BCUT2D eigenvalue weighted by Gasteiger charge is -2.25. The molecule has 1 aliphatic heterocycles. The van der Waals surface area contributed by atoms with E-state index in [1.54, 1.807) is 6.92 Å². The molecule has 2 atom stereocenters. The molecule has 0 radical (unpaired) electrons. The highest BCUT2D eigenvalue weighted by Gasteiger charge is 2.38. The highest BCUT2D eigenvalue weighted by molar-refractivity contribution is 6.06. The molecule has 0 saturated carbocycles. The zero-order valence-corrected chi connectivity index (χ0v) is 11.0. The van der Waals surface area contributed by atoms with Crippen molar-refractivity contribution in [3.8, 4) is 0 Å². The van der Waals surface area contributed by atoms with Crippen molar-refractivity contribution in [2.75, 3.05) is 14.1 Å². The van der Waals surface area contributed by atoms with E-state index in [-0.39, 0.29) is 18.7 Å². The first-order valence-electron chi connectivity index (χ1n) is 5.86. The van der Waals surface area contributed by atoms with Gasteiger partial charge in [-0.3, -0.25) is 14.5 Å². The van der Waals surface area contributed by atoms with Gasteiger partial charge >= 0.3 is 12.0 Å². The van der Waals surface area contributed by atoms with E-state index in [1.807, 2.05) is 0 Å². The van der Waals surface area contributed by atoms with Crippen LogP contribution in [0.5, 0.6) is 0 Å². The normalized spacial score (nSPS) is 20.4. The van der Waals surface area contributed by atoms with E-state index in [1.165, 1.54) is 14.1 Å². The fourth-order valence-electron chi connectivity index (χ4n) is 1.87. The Kier molecular flexibility index (Phi) is 4.47. The van der Waals surface area contributed by atoms with Gasteiger partial charge in [0.25, 0.3) is 5.91 Å². The Balaban J connectivity index is 2.68. The van der Waals surface area contributed by atoms with Crippen molar-refractivity contribution < 1.29 is 24.3 Å². The minimum Gasteiger partial charge on any atom is -0.480 e. The Morgan fingerprint density at radius 1 is 1.53 bits per heavy atom. The van der Waals surface area contributed by atoms with Gasteiger partial charge in [-0.05, 0) is 6.42 Å². The maximum Gasteiger partial charge on any atom is 0.326 e. The highest BCUT2D eigenvalue weighted by Crippen LogP contribution is 2.11. The van der Waals surface area contributed by atoms with Gasteiger partial charge in [-0.1, -0.05) is 6.92 Å². The molecule has 106 valence electrons. The summed E-state index contributed by atoms with van der Waals surface area (Å²) in [5.41, 5.74) is 0. The molecule has 8 heteroatoms. The topological polar surface area (TPSA) is 107 Å². The number of urea groups is 1. The molecule has 1 rings (SSSR count). The maximum absolute atomic E-state index is 11.8. The zero-order valence-electron chi connectivity index (χ0n) is 11.0. The number of likely N-dealkylation sites (tertiary alicyclic amines) is 1. The summed E-state index contributed by atoms with van der Waals surface area (Å²) in [6, 6.07) is -2.57. The van der Waals surface area contributed by atoms with E-state index in [0.29, 0.717) is 0 Å². The predicted molar refractivity (Wildman–Crippen MR) is 64.2 cm³/mol. The second-order valence-electron chi connectivity index (χ2n) is 4.37. The lowest BCUT2D eigenvalue weighted by atomic mass is 10.2. The lowest BCUT2D eigenvalue weighted by molar-refractivity contribution is -0.142. The molecule has 8 nitrogen and oxygen atoms in total. The highest BCUT2D eigenvalue weighted by atomic mass is 16.4. The number of imide groups is 1. The molecular formula is C11H17N3O5. The summed E-state index contributed by atoms with van der Waals surface area (Å²) in [5, 5.41) is 11.3. The summed E-state index contributed by atoms with van der Waals surface area (Å²) in [6.45, 7) is 1.64. The summed E-state index contributed by atoms with van der Waals surface area (Å²) in [7, 11) is 2.68. The number of aliphatic carboxylic acids is 1. The van der Waals surface area contributed by atoms with Crippen molar-refractivity contribution in [2.24, 2.45) is 0 Å². The molecule has 0 aliphatic carbocycles. The first-order chi connectivity index (χ1) is 8.79. The van der Waals surface area contributed by atoms with Crippen molar-refractivity contribution in [1.29, 1.82) is 0 Å². The van der Waals surface area contributed by atoms with Gasteiger partial charge in [0, 0.05) is 14.1 Å². The summed E-state index contributed by atoms with van der Waals surface area (Å²) in [5.74, 6) is -1.98. The third-order valence-corrected chi connectivity index (χ3v) is 3.14. The molecule has 2 unspecified atom stereocenters. The van der Waals surface area contributed by atoms with Gasteiger partial charge in [0.2, 0.25) is 5.91 Å². The molecule has 4 amide bonds. The van der Waals surface area contributed by atoms with Crippen LogP contribution in [0.3, 0.4) is 0 Å². The van der Waals surface area contributed by atoms with Crippen LogP contribution in [0.4, 0.5) is 4.79 Å². The second-order valence-corrected chi connectivity index (χ2v) is 4.37. The predicted octanol–water partition coefficient (Wildman–Crippen LogP) is -0.752. The number of nitrogens with zero attached hydrogens (tertiary/aromatic N) is 2. The van der Waals surface area contributed by atoms with Gasteiger partial charge in [0.1, 0.15) is 12.1 Å². The van der Waals surface area contributed by atoms with Crippen LogP contribution in [0.25, 0.3) is 0 Å². The smallest absolute Gasteiger partial charge is 0.326 e. The zero-order chi connectivity index (χ0) is 14.7. The van der Waals surface area contributed by atoms with Crippen LogP contribution in [0, 0.1) is 0 Å². The van der Waals surface area contributed by atoms with Crippen LogP contribution >= 0.6 is 0 Å². The number of carboxylic acid groups (broad SMARTS) is 1. The Morgan fingerprint density at radius 3 is 2.47 bits per heavy atom. The molecule has 1 saturated heterocycles. The van der Waals surface area contributed by atoms with Crippen LogP contribution in [0.15, 0.2) is 0 Å². The largest absolute Gasteiger partial charge is 0.480 e. The molecule has 19 heavy (non-hydrogen) atoms. The average molecular weight is 271 g/mol. The van der Waals surface area contributed by atoms with Crippen LogP contribution < -0.4 is 5.32 Å².